The lowest BCUT2D eigenvalue weighted by atomic mass is 9.88. The van der Waals surface area contributed by atoms with Crippen LogP contribution in [0.4, 0.5) is 4.79 Å². The smallest absolute Gasteiger partial charge is 0.411 e. The second-order valence-electron chi connectivity index (χ2n) is 10.6. The molecule has 1 saturated heterocycles. The highest BCUT2D eigenvalue weighted by molar-refractivity contribution is 6.25. The van der Waals surface area contributed by atoms with Crippen LogP contribution in [0.25, 0.3) is 0 Å². The number of ether oxygens (including phenoxy) is 2. The van der Waals surface area contributed by atoms with Crippen molar-refractivity contribution in [3.63, 3.8) is 0 Å². The van der Waals surface area contributed by atoms with Crippen LogP contribution in [-0.2, 0) is 19.1 Å². The fourth-order valence-corrected chi connectivity index (χ4v) is 4.09. The van der Waals surface area contributed by atoms with Gasteiger partial charge < -0.3 is 14.8 Å². The summed E-state index contributed by atoms with van der Waals surface area (Å²) < 4.78 is 11.3. The van der Waals surface area contributed by atoms with Crippen LogP contribution in [0.2, 0.25) is 0 Å². The number of halogens is 1. The van der Waals surface area contributed by atoms with Gasteiger partial charge in [-0.15, -0.1) is 0 Å². The normalized spacial score (nSPS) is 23.2. The summed E-state index contributed by atoms with van der Waals surface area (Å²) in [5, 5.41) is 2.98. The van der Waals surface area contributed by atoms with Gasteiger partial charge in [0.1, 0.15) is 17.2 Å². The number of esters is 1. The molecule has 8 heteroatoms. The van der Waals surface area contributed by atoms with Crippen molar-refractivity contribution >= 4 is 29.6 Å². The number of hydrogen-bond donors (Lipinski definition) is 1. The van der Waals surface area contributed by atoms with E-state index >= 15 is 0 Å². The minimum Gasteiger partial charge on any atom is -0.458 e. The number of hydrogen-bond acceptors (Lipinski definition) is 5. The Kier molecular flexibility index (Phi) is 9.42. The third-order valence-electron chi connectivity index (χ3n) is 4.72. The van der Waals surface area contributed by atoms with Crippen LogP contribution in [0.3, 0.4) is 0 Å². The summed E-state index contributed by atoms with van der Waals surface area (Å²) in [6.07, 6.45) is 2.11. The van der Waals surface area contributed by atoms with E-state index in [9.17, 15) is 14.4 Å². The van der Waals surface area contributed by atoms with E-state index in [0.29, 0.717) is 12.8 Å². The van der Waals surface area contributed by atoms with E-state index in [0.717, 1.165) is 0 Å². The molecule has 0 spiro atoms. The molecule has 1 rings (SSSR count). The maximum atomic E-state index is 13.3. The van der Waals surface area contributed by atoms with Crippen molar-refractivity contribution in [2.24, 2.45) is 11.8 Å². The average Bonchev–Trinajstić information content (AvgIpc) is 2.90. The molecule has 0 aromatic rings. The highest BCUT2D eigenvalue weighted by Gasteiger charge is 2.51. The summed E-state index contributed by atoms with van der Waals surface area (Å²) in [7, 11) is 0. The van der Waals surface area contributed by atoms with Gasteiger partial charge in [-0.05, 0) is 60.3 Å². The molecule has 1 fully saturated rings. The molecule has 0 saturated carbocycles. The predicted octanol–water partition coefficient (Wildman–Crippen LogP) is 4.63. The summed E-state index contributed by atoms with van der Waals surface area (Å²) in [5.41, 5.74) is -0.0632. The first-order valence-electron chi connectivity index (χ1n) is 10.8. The van der Waals surface area contributed by atoms with Gasteiger partial charge in [0, 0.05) is 18.4 Å². The lowest BCUT2D eigenvalue weighted by Crippen LogP contribution is -2.57. The predicted molar refractivity (Wildman–Crippen MR) is 122 cm³/mol. The zero-order valence-corrected chi connectivity index (χ0v) is 21.1. The van der Waals surface area contributed by atoms with Crippen molar-refractivity contribution in [2.45, 2.75) is 104 Å². The highest BCUT2D eigenvalue weighted by atomic mass is 35.5. The van der Waals surface area contributed by atoms with Gasteiger partial charge in [0.25, 0.3) is 0 Å². The first kappa shape index (κ1) is 27.3. The Morgan fingerprint density at radius 1 is 1.10 bits per heavy atom. The topological polar surface area (TPSA) is 84.9 Å². The van der Waals surface area contributed by atoms with E-state index in [4.69, 9.17) is 21.1 Å². The van der Waals surface area contributed by atoms with E-state index < -0.39 is 35.3 Å². The molecule has 2 amide bonds. The summed E-state index contributed by atoms with van der Waals surface area (Å²) in [4.78, 5) is 39.8. The third kappa shape index (κ3) is 8.71. The first-order valence-corrected chi connectivity index (χ1v) is 11.3. The van der Waals surface area contributed by atoms with E-state index in [1.165, 1.54) is 17.4 Å². The molecule has 0 unspecified atom stereocenters. The number of carbonyl (C=O) groups is 3. The summed E-state index contributed by atoms with van der Waals surface area (Å²) >= 11 is 5.91. The fourth-order valence-electron chi connectivity index (χ4n) is 3.90. The zero-order chi connectivity index (χ0) is 24.1. The van der Waals surface area contributed by atoms with Crippen LogP contribution < -0.4 is 5.32 Å². The molecule has 0 aromatic carbocycles. The lowest BCUT2D eigenvalue weighted by molar-refractivity contribution is -0.160. The summed E-state index contributed by atoms with van der Waals surface area (Å²) in [6, 6.07) is -1.73. The zero-order valence-electron chi connectivity index (χ0n) is 20.3. The van der Waals surface area contributed by atoms with E-state index in [1.54, 1.807) is 47.6 Å². The van der Waals surface area contributed by atoms with E-state index in [2.05, 4.69) is 5.32 Å². The quantitative estimate of drug-likeness (QED) is 0.586. The summed E-state index contributed by atoms with van der Waals surface area (Å²) in [6.45, 7) is 16.2. The Morgan fingerprint density at radius 3 is 2.06 bits per heavy atom. The molecule has 7 nitrogen and oxygen atoms in total. The van der Waals surface area contributed by atoms with Crippen molar-refractivity contribution in [1.82, 2.24) is 10.2 Å². The summed E-state index contributed by atoms with van der Waals surface area (Å²) in [5.74, 6) is -0.708. The number of rotatable bonds is 6. The van der Waals surface area contributed by atoms with Crippen molar-refractivity contribution < 1.29 is 23.9 Å². The van der Waals surface area contributed by atoms with Gasteiger partial charge in [0.2, 0.25) is 5.91 Å². The van der Waals surface area contributed by atoms with Crippen LogP contribution in [0.1, 0.15) is 75.2 Å². The number of likely N-dealkylation sites (tertiary alicyclic amines) is 1. The molecule has 4 atom stereocenters. The molecular formula is C23H39ClN2O5. The van der Waals surface area contributed by atoms with E-state index in [-0.39, 0.29) is 23.8 Å². The highest BCUT2D eigenvalue weighted by Crippen LogP contribution is 2.37. The molecule has 0 radical (unpaired) electrons. The van der Waals surface area contributed by atoms with E-state index in [1.807, 2.05) is 13.8 Å². The minimum absolute atomic E-state index is 0.205. The largest absolute Gasteiger partial charge is 0.458 e. The van der Waals surface area contributed by atoms with Crippen molar-refractivity contribution in [2.75, 3.05) is 0 Å². The van der Waals surface area contributed by atoms with Crippen LogP contribution in [0.15, 0.2) is 11.6 Å². The van der Waals surface area contributed by atoms with Crippen molar-refractivity contribution in [1.29, 1.82) is 0 Å². The molecule has 1 N–H and O–H groups in total. The molecule has 0 bridgehead atoms. The van der Waals surface area contributed by atoms with Gasteiger partial charge in [-0.3, -0.25) is 9.69 Å². The number of carbonyl (C=O) groups excluding carboxylic acids is 3. The fraction of sp³-hybridized carbons (Fsp3) is 0.783. The van der Waals surface area contributed by atoms with Gasteiger partial charge in [0.05, 0.1) is 12.1 Å². The Balaban J connectivity index is 3.50. The van der Waals surface area contributed by atoms with Crippen LogP contribution in [-0.4, -0.2) is 52.2 Å². The van der Waals surface area contributed by atoms with Crippen molar-refractivity contribution in [3.8, 4) is 0 Å². The lowest BCUT2D eigenvalue weighted by Gasteiger charge is -2.38. The van der Waals surface area contributed by atoms with Gasteiger partial charge in [-0.2, -0.15) is 0 Å². The maximum absolute atomic E-state index is 13.3. The SMILES string of the molecule is CC(=O)N[C@@H](CC(C)C)[C@H]1[C@H](/C=C\Cl)C[C@H](C(=O)OC(C)(C)C)N1C(=O)OC(C)(C)C. The third-order valence-corrected chi connectivity index (χ3v) is 4.87. The number of nitrogens with one attached hydrogen (secondary N) is 1. The molecule has 0 aliphatic carbocycles. The molecule has 178 valence electrons. The Morgan fingerprint density at radius 2 is 1.65 bits per heavy atom. The van der Waals surface area contributed by atoms with Crippen LogP contribution in [0.5, 0.6) is 0 Å². The van der Waals surface area contributed by atoms with Crippen LogP contribution >= 0.6 is 11.6 Å². The van der Waals surface area contributed by atoms with Gasteiger partial charge in [-0.25, -0.2) is 9.59 Å². The standard InChI is InChI=1S/C23H39ClN2O5/c1-14(2)12-17(25-15(3)27)19-16(10-11-24)13-18(20(28)30-22(4,5)6)26(19)21(29)31-23(7,8)9/h10-11,14,16-19H,12-13H2,1-9H3,(H,25,27)/b11-10-/t16-,17+,18-,19-/m1/s1. The molecule has 0 aromatic heterocycles. The van der Waals surface area contributed by atoms with Crippen LogP contribution in [0, 0.1) is 11.8 Å². The number of amides is 2. The Labute approximate surface area is 191 Å². The molecule has 31 heavy (non-hydrogen) atoms. The monoisotopic (exact) mass is 458 g/mol. The molecule has 1 aliphatic heterocycles. The Bertz CT molecular complexity index is 678. The second kappa shape index (κ2) is 10.7. The average molecular weight is 459 g/mol. The van der Waals surface area contributed by atoms with Gasteiger partial charge in [0.15, 0.2) is 0 Å². The molecule has 1 aliphatic rings. The Hall–Kier alpha value is -1.76. The maximum Gasteiger partial charge on any atom is 0.411 e. The van der Waals surface area contributed by atoms with Gasteiger partial charge in [-0.1, -0.05) is 31.5 Å². The minimum atomic E-state index is -0.847. The molecular weight excluding hydrogens is 420 g/mol. The first-order chi connectivity index (χ1) is 14.1. The molecule has 1 heterocycles. The number of nitrogens with zero attached hydrogens (tertiary/aromatic N) is 1. The second-order valence-corrected chi connectivity index (χ2v) is 10.8. The van der Waals surface area contributed by atoms with Gasteiger partial charge >= 0.3 is 12.1 Å². The van der Waals surface area contributed by atoms with Crippen molar-refractivity contribution in [3.05, 3.63) is 11.6 Å².